The Hall–Kier alpha value is -1.77. The minimum Gasteiger partial charge on any atom is -0.379 e. The molecule has 0 aliphatic carbocycles. The van der Waals surface area contributed by atoms with E-state index in [1.807, 2.05) is 24.3 Å². The summed E-state index contributed by atoms with van der Waals surface area (Å²) in [5, 5.41) is 4.59. The number of hydrogen-bond acceptors (Lipinski definition) is 2. The minimum atomic E-state index is -0.177. The van der Waals surface area contributed by atoms with E-state index in [2.05, 4.69) is 19.2 Å². The van der Waals surface area contributed by atoms with Crippen LogP contribution in [0.15, 0.2) is 48.5 Å². The largest absolute Gasteiger partial charge is 0.379 e. The van der Waals surface area contributed by atoms with E-state index in [9.17, 15) is 4.79 Å². The third kappa shape index (κ3) is 3.44. The predicted molar refractivity (Wildman–Crippen MR) is 96.1 cm³/mol. The first-order valence-corrected chi connectivity index (χ1v) is 8.19. The summed E-state index contributed by atoms with van der Waals surface area (Å²) in [6.45, 7) is 4.18. The van der Waals surface area contributed by atoms with Crippen LogP contribution in [0.4, 0.5) is 0 Å². The van der Waals surface area contributed by atoms with Crippen LogP contribution in [-0.4, -0.2) is 11.3 Å². The molecule has 0 atom stereocenters. The van der Waals surface area contributed by atoms with Crippen molar-refractivity contribution < 1.29 is 4.79 Å². The summed E-state index contributed by atoms with van der Waals surface area (Å²) >= 11 is 12.5. The van der Waals surface area contributed by atoms with Gasteiger partial charge in [-0.15, -0.1) is 0 Å². The first-order chi connectivity index (χ1) is 10.9. The molecule has 2 aromatic rings. The van der Waals surface area contributed by atoms with Gasteiger partial charge in [0.15, 0.2) is 5.78 Å². The molecule has 0 radical (unpaired) electrons. The maximum Gasteiger partial charge on any atom is 0.187 e. The molecule has 0 saturated carbocycles. The maximum atomic E-state index is 12.5. The first kappa shape index (κ1) is 16.1. The molecule has 0 bridgehead atoms. The minimum absolute atomic E-state index is 0.0530. The lowest BCUT2D eigenvalue weighted by Crippen LogP contribution is -2.44. The molecule has 1 N–H and O–H groups in total. The van der Waals surface area contributed by atoms with Gasteiger partial charge in [-0.25, -0.2) is 0 Å². The van der Waals surface area contributed by atoms with Crippen molar-refractivity contribution in [2.45, 2.75) is 25.8 Å². The number of rotatable bonds is 2. The van der Waals surface area contributed by atoms with Gasteiger partial charge in [0.05, 0.1) is 5.02 Å². The van der Waals surface area contributed by atoms with Gasteiger partial charge in [-0.3, -0.25) is 4.79 Å². The number of hydrogen-bond donors (Lipinski definition) is 1. The van der Waals surface area contributed by atoms with Crippen molar-refractivity contribution in [1.82, 2.24) is 5.32 Å². The lowest BCUT2D eigenvalue weighted by Gasteiger charge is -2.36. The zero-order valence-corrected chi connectivity index (χ0v) is 14.5. The van der Waals surface area contributed by atoms with Gasteiger partial charge in [-0.2, -0.15) is 0 Å². The van der Waals surface area contributed by atoms with Crippen molar-refractivity contribution in [3.8, 4) is 0 Å². The van der Waals surface area contributed by atoms with Gasteiger partial charge in [0.1, 0.15) is 0 Å². The Morgan fingerprint density at radius 2 is 1.87 bits per heavy atom. The van der Waals surface area contributed by atoms with Gasteiger partial charge >= 0.3 is 0 Å². The average Bonchev–Trinajstić information content (AvgIpc) is 2.45. The summed E-state index contributed by atoms with van der Waals surface area (Å²) in [5.74, 6) is -0.0530. The molecule has 0 amide bonds. The fraction of sp³-hybridized carbons (Fsp3) is 0.211. The van der Waals surface area contributed by atoms with Crippen LogP contribution in [0.2, 0.25) is 10.0 Å². The molecule has 0 spiro atoms. The molecule has 0 saturated heterocycles. The number of nitrogens with one attached hydrogen (secondary N) is 1. The van der Waals surface area contributed by atoms with Crippen LogP contribution in [0.1, 0.15) is 35.3 Å². The van der Waals surface area contributed by atoms with Crippen LogP contribution in [0.25, 0.3) is 5.70 Å². The van der Waals surface area contributed by atoms with Crippen molar-refractivity contribution >= 4 is 34.7 Å². The highest BCUT2D eigenvalue weighted by molar-refractivity contribution is 6.36. The number of benzene rings is 2. The van der Waals surface area contributed by atoms with Crippen molar-refractivity contribution in [1.29, 1.82) is 0 Å². The topological polar surface area (TPSA) is 29.1 Å². The van der Waals surface area contributed by atoms with E-state index in [1.54, 1.807) is 24.3 Å². The van der Waals surface area contributed by atoms with Crippen molar-refractivity contribution in [3.63, 3.8) is 0 Å². The zero-order chi connectivity index (χ0) is 16.6. The Labute approximate surface area is 146 Å². The number of fused-ring (bicyclic) bond motifs is 1. The van der Waals surface area contributed by atoms with E-state index in [4.69, 9.17) is 23.2 Å². The second kappa shape index (κ2) is 6.03. The lowest BCUT2D eigenvalue weighted by molar-refractivity contribution is 0.104. The van der Waals surface area contributed by atoms with Crippen LogP contribution >= 0.6 is 23.2 Å². The highest BCUT2D eigenvalue weighted by Gasteiger charge is 2.30. The number of carbonyl (C=O) groups is 1. The van der Waals surface area contributed by atoms with Crippen LogP contribution in [0.3, 0.4) is 0 Å². The van der Waals surface area contributed by atoms with Crippen molar-refractivity contribution in [3.05, 3.63) is 75.3 Å². The SMILES string of the molecule is CC1(C)Cc2cc(Cl)cc(Cl)c2/C(=C/C(=O)c2ccccc2)N1. The van der Waals surface area contributed by atoms with Crippen LogP contribution in [0, 0.1) is 0 Å². The smallest absolute Gasteiger partial charge is 0.187 e. The van der Waals surface area contributed by atoms with Gasteiger partial charge < -0.3 is 5.32 Å². The number of ketones is 1. The quantitative estimate of drug-likeness (QED) is 0.602. The second-order valence-corrected chi connectivity index (χ2v) is 7.24. The van der Waals surface area contributed by atoms with E-state index in [0.717, 1.165) is 23.2 Å². The van der Waals surface area contributed by atoms with Crippen LogP contribution in [0.5, 0.6) is 0 Å². The summed E-state index contributed by atoms with van der Waals surface area (Å²) < 4.78 is 0. The van der Waals surface area contributed by atoms with E-state index in [0.29, 0.717) is 15.6 Å². The fourth-order valence-electron chi connectivity index (χ4n) is 2.94. The maximum absolute atomic E-state index is 12.5. The lowest BCUT2D eigenvalue weighted by atomic mass is 9.85. The fourth-order valence-corrected chi connectivity index (χ4v) is 3.58. The first-order valence-electron chi connectivity index (χ1n) is 7.43. The molecular formula is C19H17Cl2NO. The van der Waals surface area contributed by atoms with E-state index < -0.39 is 0 Å². The molecule has 2 nitrogen and oxygen atoms in total. The third-order valence-corrected chi connectivity index (χ3v) is 4.36. The summed E-state index contributed by atoms with van der Waals surface area (Å²) in [6.07, 6.45) is 2.41. The van der Waals surface area contributed by atoms with Gasteiger partial charge in [0.25, 0.3) is 0 Å². The molecule has 2 aromatic carbocycles. The summed E-state index contributed by atoms with van der Waals surface area (Å²) in [5.41, 5.74) is 3.13. The second-order valence-electron chi connectivity index (χ2n) is 6.40. The van der Waals surface area contributed by atoms with Gasteiger partial charge in [0.2, 0.25) is 0 Å². The Bertz CT molecular complexity index is 795. The van der Waals surface area contributed by atoms with E-state index in [1.165, 1.54) is 0 Å². The third-order valence-electron chi connectivity index (χ3n) is 3.85. The molecular weight excluding hydrogens is 329 g/mol. The number of carbonyl (C=O) groups excluding carboxylic acids is 1. The number of halogens is 2. The molecule has 118 valence electrons. The average molecular weight is 346 g/mol. The monoisotopic (exact) mass is 345 g/mol. The standard InChI is InChI=1S/C19H17Cl2NO/c1-19(2)11-13-8-14(20)9-15(21)18(13)16(22-19)10-17(23)12-6-4-3-5-7-12/h3-10,22H,11H2,1-2H3/b16-10-. The van der Waals surface area contributed by atoms with Crippen molar-refractivity contribution in [2.75, 3.05) is 0 Å². The molecule has 0 unspecified atom stereocenters. The number of allylic oxidation sites excluding steroid dienone is 1. The Kier molecular flexibility index (Phi) is 4.22. The summed E-state index contributed by atoms with van der Waals surface area (Å²) in [6, 6.07) is 12.8. The van der Waals surface area contributed by atoms with Gasteiger partial charge in [0, 0.05) is 33.5 Å². The van der Waals surface area contributed by atoms with E-state index >= 15 is 0 Å². The molecule has 1 heterocycles. The summed E-state index contributed by atoms with van der Waals surface area (Å²) in [7, 11) is 0. The van der Waals surface area contributed by atoms with Gasteiger partial charge in [-0.1, -0.05) is 53.5 Å². The van der Waals surface area contributed by atoms with Gasteiger partial charge in [-0.05, 0) is 38.0 Å². The van der Waals surface area contributed by atoms with E-state index in [-0.39, 0.29) is 11.3 Å². The molecule has 0 aromatic heterocycles. The van der Waals surface area contributed by atoms with Crippen molar-refractivity contribution in [2.24, 2.45) is 0 Å². The zero-order valence-electron chi connectivity index (χ0n) is 13.0. The molecule has 1 aliphatic rings. The van der Waals surface area contributed by atoms with Crippen LogP contribution in [-0.2, 0) is 6.42 Å². The predicted octanol–water partition coefficient (Wildman–Crippen LogP) is 5.14. The molecule has 3 rings (SSSR count). The molecule has 0 fully saturated rings. The molecule has 1 aliphatic heterocycles. The Morgan fingerprint density at radius 3 is 2.57 bits per heavy atom. The molecule has 23 heavy (non-hydrogen) atoms. The Morgan fingerprint density at radius 1 is 1.17 bits per heavy atom. The van der Waals surface area contributed by atoms with Crippen LogP contribution < -0.4 is 5.32 Å². The highest BCUT2D eigenvalue weighted by atomic mass is 35.5. The normalized spacial score (nSPS) is 17.5. The summed E-state index contributed by atoms with van der Waals surface area (Å²) in [4.78, 5) is 12.5. The molecule has 4 heteroatoms. The highest BCUT2D eigenvalue weighted by Crippen LogP contribution is 2.36. The Balaban J connectivity index is 2.10.